The summed E-state index contributed by atoms with van der Waals surface area (Å²) in [5.74, 6) is 0.324. The lowest BCUT2D eigenvalue weighted by Crippen LogP contribution is -2.13. The molecule has 0 spiro atoms. The van der Waals surface area contributed by atoms with E-state index in [9.17, 15) is 4.79 Å². The van der Waals surface area contributed by atoms with Crippen molar-refractivity contribution in [3.8, 4) is 5.75 Å². The standard InChI is InChI=1S/C14H18O3/c1-4-12-6-8-13(9-7-12)17-10-11(3)14(15)16-5-2/h6-9H,3-5,10H2,1-2H3. The third-order valence-electron chi connectivity index (χ3n) is 2.31. The molecule has 0 aliphatic rings. The zero-order chi connectivity index (χ0) is 12.7. The molecule has 0 aliphatic carbocycles. The number of carbonyl (C=O) groups excluding carboxylic acids is 1. The quantitative estimate of drug-likeness (QED) is 0.561. The van der Waals surface area contributed by atoms with E-state index in [0.717, 1.165) is 12.2 Å². The first kappa shape index (κ1) is 13.3. The Kier molecular flexibility index (Phi) is 5.27. The molecule has 1 rings (SSSR count). The van der Waals surface area contributed by atoms with Gasteiger partial charge in [-0.15, -0.1) is 0 Å². The van der Waals surface area contributed by atoms with Gasteiger partial charge in [0.25, 0.3) is 0 Å². The Morgan fingerprint density at radius 2 is 1.88 bits per heavy atom. The molecule has 0 radical (unpaired) electrons. The lowest BCUT2D eigenvalue weighted by Gasteiger charge is -2.08. The van der Waals surface area contributed by atoms with Crippen LogP contribution in [0.5, 0.6) is 5.75 Å². The molecule has 0 unspecified atom stereocenters. The van der Waals surface area contributed by atoms with Crippen molar-refractivity contribution in [3.05, 3.63) is 42.0 Å². The molecule has 92 valence electrons. The van der Waals surface area contributed by atoms with Crippen LogP contribution in [-0.4, -0.2) is 19.2 Å². The molecule has 3 nitrogen and oxygen atoms in total. The van der Waals surface area contributed by atoms with E-state index >= 15 is 0 Å². The lowest BCUT2D eigenvalue weighted by atomic mass is 10.2. The number of hydrogen-bond acceptors (Lipinski definition) is 3. The Morgan fingerprint density at radius 3 is 2.41 bits per heavy atom. The zero-order valence-electron chi connectivity index (χ0n) is 10.4. The highest BCUT2D eigenvalue weighted by molar-refractivity contribution is 5.88. The zero-order valence-corrected chi connectivity index (χ0v) is 10.4. The predicted octanol–water partition coefficient (Wildman–Crippen LogP) is 2.75. The molecule has 0 heterocycles. The minimum absolute atomic E-state index is 0.157. The fourth-order valence-corrected chi connectivity index (χ4v) is 1.28. The fraction of sp³-hybridized carbons (Fsp3) is 0.357. The smallest absolute Gasteiger partial charge is 0.336 e. The van der Waals surface area contributed by atoms with Crippen molar-refractivity contribution in [2.45, 2.75) is 20.3 Å². The van der Waals surface area contributed by atoms with E-state index in [-0.39, 0.29) is 6.61 Å². The van der Waals surface area contributed by atoms with Gasteiger partial charge in [0.1, 0.15) is 12.4 Å². The van der Waals surface area contributed by atoms with E-state index in [2.05, 4.69) is 13.5 Å². The molecule has 17 heavy (non-hydrogen) atoms. The highest BCUT2D eigenvalue weighted by Crippen LogP contribution is 2.13. The Hall–Kier alpha value is -1.77. The number of esters is 1. The summed E-state index contributed by atoms with van der Waals surface area (Å²) in [4.78, 5) is 11.3. The molecule has 0 saturated heterocycles. The van der Waals surface area contributed by atoms with E-state index in [1.165, 1.54) is 5.56 Å². The van der Waals surface area contributed by atoms with Gasteiger partial charge in [0, 0.05) is 0 Å². The molecule has 1 aromatic carbocycles. The van der Waals surface area contributed by atoms with E-state index in [0.29, 0.717) is 12.2 Å². The molecule has 0 fully saturated rings. The molecule has 0 saturated carbocycles. The maximum Gasteiger partial charge on any atom is 0.336 e. The summed E-state index contributed by atoms with van der Waals surface area (Å²) in [6, 6.07) is 7.78. The van der Waals surface area contributed by atoms with E-state index in [4.69, 9.17) is 9.47 Å². The second kappa shape index (κ2) is 6.74. The monoisotopic (exact) mass is 234 g/mol. The average Bonchev–Trinajstić information content (AvgIpc) is 2.36. The summed E-state index contributed by atoms with van der Waals surface area (Å²) in [6.07, 6.45) is 0.996. The second-order valence-corrected chi connectivity index (χ2v) is 3.61. The van der Waals surface area contributed by atoms with Crippen molar-refractivity contribution in [1.82, 2.24) is 0 Å². The normalized spacial score (nSPS) is 9.76. The molecule has 0 aromatic heterocycles. The fourth-order valence-electron chi connectivity index (χ4n) is 1.28. The van der Waals surface area contributed by atoms with E-state index in [1.54, 1.807) is 6.92 Å². The van der Waals surface area contributed by atoms with Gasteiger partial charge in [-0.2, -0.15) is 0 Å². The molecule has 1 aromatic rings. The molecule has 3 heteroatoms. The summed E-state index contributed by atoms with van der Waals surface area (Å²) >= 11 is 0. The maximum atomic E-state index is 11.3. The van der Waals surface area contributed by atoms with Crippen LogP contribution in [0.3, 0.4) is 0 Å². The lowest BCUT2D eigenvalue weighted by molar-refractivity contribution is -0.138. The summed E-state index contributed by atoms with van der Waals surface area (Å²) in [6.45, 7) is 7.98. The molecule has 0 atom stereocenters. The van der Waals surface area contributed by atoms with Crippen LogP contribution < -0.4 is 4.74 Å². The van der Waals surface area contributed by atoms with Gasteiger partial charge in [0.2, 0.25) is 0 Å². The van der Waals surface area contributed by atoms with Crippen molar-refractivity contribution in [2.75, 3.05) is 13.2 Å². The van der Waals surface area contributed by atoms with Gasteiger partial charge in [-0.25, -0.2) is 4.79 Å². The second-order valence-electron chi connectivity index (χ2n) is 3.61. The third kappa shape index (κ3) is 4.31. The summed E-state index contributed by atoms with van der Waals surface area (Å²) in [7, 11) is 0. The van der Waals surface area contributed by atoms with Gasteiger partial charge in [-0.3, -0.25) is 0 Å². The van der Waals surface area contributed by atoms with Gasteiger partial charge < -0.3 is 9.47 Å². The number of aryl methyl sites for hydroxylation is 1. The largest absolute Gasteiger partial charge is 0.489 e. The SMILES string of the molecule is C=C(COc1ccc(CC)cc1)C(=O)OCC. The van der Waals surface area contributed by atoms with E-state index < -0.39 is 5.97 Å². The molecular formula is C14H18O3. The first-order valence-corrected chi connectivity index (χ1v) is 5.74. The van der Waals surface area contributed by atoms with Crippen LogP contribution in [0.2, 0.25) is 0 Å². The van der Waals surface area contributed by atoms with Crippen molar-refractivity contribution >= 4 is 5.97 Å². The van der Waals surface area contributed by atoms with Crippen LogP contribution in [-0.2, 0) is 16.0 Å². The van der Waals surface area contributed by atoms with Crippen molar-refractivity contribution < 1.29 is 14.3 Å². The average molecular weight is 234 g/mol. The Bertz CT molecular complexity index is 379. The number of rotatable bonds is 6. The van der Waals surface area contributed by atoms with Crippen LogP contribution in [0.1, 0.15) is 19.4 Å². The molecule has 0 N–H and O–H groups in total. The number of carbonyl (C=O) groups is 1. The Labute approximate surface area is 102 Å². The number of hydrogen-bond donors (Lipinski definition) is 0. The van der Waals surface area contributed by atoms with Crippen molar-refractivity contribution in [3.63, 3.8) is 0 Å². The van der Waals surface area contributed by atoms with Gasteiger partial charge in [-0.05, 0) is 31.0 Å². The molecule has 0 bridgehead atoms. The summed E-state index contributed by atoms with van der Waals surface area (Å²) < 4.78 is 10.2. The molecular weight excluding hydrogens is 216 g/mol. The minimum atomic E-state index is -0.405. The van der Waals surface area contributed by atoms with Crippen molar-refractivity contribution in [2.24, 2.45) is 0 Å². The van der Waals surface area contributed by atoms with Crippen LogP contribution in [0.15, 0.2) is 36.4 Å². The number of ether oxygens (including phenoxy) is 2. The maximum absolute atomic E-state index is 11.3. The summed E-state index contributed by atoms with van der Waals surface area (Å²) in [5, 5.41) is 0. The highest BCUT2D eigenvalue weighted by Gasteiger charge is 2.08. The highest BCUT2D eigenvalue weighted by atomic mass is 16.5. The Morgan fingerprint density at radius 1 is 1.24 bits per heavy atom. The predicted molar refractivity (Wildman–Crippen MR) is 67.1 cm³/mol. The van der Waals surface area contributed by atoms with Crippen LogP contribution in [0.4, 0.5) is 0 Å². The van der Waals surface area contributed by atoms with Gasteiger partial charge >= 0.3 is 5.97 Å². The third-order valence-corrected chi connectivity index (χ3v) is 2.31. The van der Waals surface area contributed by atoms with Crippen LogP contribution in [0, 0.1) is 0 Å². The Balaban J connectivity index is 2.44. The summed E-state index contributed by atoms with van der Waals surface area (Å²) in [5.41, 5.74) is 1.58. The van der Waals surface area contributed by atoms with E-state index in [1.807, 2.05) is 24.3 Å². The minimum Gasteiger partial charge on any atom is -0.489 e. The van der Waals surface area contributed by atoms with Gasteiger partial charge in [-0.1, -0.05) is 25.6 Å². The van der Waals surface area contributed by atoms with Crippen LogP contribution in [0.25, 0.3) is 0 Å². The molecule has 0 amide bonds. The van der Waals surface area contributed by atoms with Crippen molar-refractivity contribution in [1.29, 1.82) is 0 Å². The van der Waals surface area contributed by atoms with Crippen LogP contribution >= 0.6 is 0 Å². The first-order chi connectivity index (χ1) is 8.17. The molecule has 0 aliphatic heterocycles. The van der Waals surface area contributed by atoms with Gasteiger partial charge in [0.05, 0.1) is 12.2 Å². The topological polar surface area (TPSA) is 35.5 Å². The van der Waals surface area contributed by atoms with Gasteiger partial charge in [0.15, 0.2) is 0 Å². The first-order valence-electron chi connectivity index (χ1n) is 5.74. The number of benzene rings is 1.